The molecule has 1 amide bonds. The molecule has 2 rings (SSSR count). The maximum absolute atomic E-state index is 12.3. The molecule has 0 unspecified atom stereocenters. The van der Waals surface area contributed by atoms with Crippen LogP contribution >= 0.6 is 0 Å². The van der Waals surface area contributed by atoms with Crippen LogP contribution in [-0.2, 0) is 4.79 Å². The van der Waals surface area contributed by atoms with Crippen LogP contribution in [0.2, 0.25) is 0 Å². The Morgan fingerprint density at radius 3 is 2.38 bits per heavy atom. The van der Waals surface area contributed by atoms with Crippen LogP contribution in [0.15, 0.2) is 6.07 Å². The minimum Gasteiger partial charge on any atom is -0.362 e. The van der Waals surface area contributed by atoms with Crippen molar-refractivity contribution in [3.05, 3.63) is 23.0 Å². The van der Waals surface area contributed by atoms with Crippen LogP contribution in [0, 0.1) is 13.8 Å². The summed E-state index contributed by atoms with van der Waals surface area (Å²) in [4.78, 5) is 31.4. The lowest BCUT2D eigenvalue weighted by Gasteiger charge is -2.34. The van der Waals surface area contributed by atoms with Gasteiger partial charge in [0.25, 0.3) is 0 Å². The summed E-state index contributed by atoms with van der Waals surface area (Å²) in [5.74, 6) is 0.394. The summed E-state index contributed by atoms with van der Waals surface area (Å²) in [6.07, 6.45) is 1.52. The van der Waals surface area contributed by atoms with Crippen LogP contribution < -0.4 is 0 Å². The number of nitrogens with one attached hydrogen (secondary N) is 1. The van der Waals surface area contributed by atoms with Crippen molar-refractivity contribution in [2.24, 2.45) is 0 Å². The van der Waals surface area contributed by atoms with E-state index in [1.165, 1.54) is 0 Å². The number of aromatic amines is 1. The van der Waals surface area contributed by atoms with E-state index in [1.807, 2.05) is 31.7 Å². The standard InChI is InChI=1S/C16H25N3O2/c1-4-5-16(21)19-8-6-18(7-9-19)11-15(20)14-10-12(2)17-13(14)3/h10,17H,4-9,11H2,1-3H3. The molecule has 0 radical (unpaired) electrons. The van der Waals surface area contributed by atoms with Crippen molar-refractivity contribution in [3.63, 3.8) is 0 Å². The Labute approximate surface area is 126 Å². The molecule has 1 saturated heterocycles. The van der Waals surface area contributed by atoms with E-state index in [2.05, 4.69) is 9.88 Å². The second-order valence-electron chi connectivity index (χ2n) is 5.82. The first-order valence-electron chi connectivity index (χ1n) is 7.70. The number of aryl methyl sites for hydroxylation is 2. The van der Waals surface area contributed by atoms with Crippen LogP contribution in [0.4, 0.5) is 0 Å². The Balaban J connectivity index is 1.85. The van der Waals surface area contributed by atoms with Gasteiger partial charge < -0.3 is 9.88 Å². The first-order chi connectivity index (χ1) is 10.0. The fraction of sp³-hybridized carbons (Fsp3) is 0.625. The molecule has 0 atom stereocenters. The molecule has 21 heavy (non-hydrogen) atoms. The summed E-state index contributed by atoms with van der Waals surface area (Å²) in [5.41, 5.74) is 2.75. The Bertz CT molecular complexity index is 514. The molecule has 1 aromatic heterocycles. The summed E-state index contributed by atoms with van der Waals surface area (Å²) < 4.78 is 0. The first kappa shape index (κ1) is 15.8. The SMILES string of the molecule is CCCC(=O)N1CCN(CC(=O)c2cc(C)[nH]c2C)CC1. The Hall–Kier alpha value is -1.62. The van der Waals surface area contributed by atoms with Crippen LogP contribution in [0.5, 0.6) is 0 Å². The molecule has 0 bridgehead atoms. The third kappa shape index (κ3) is 3.94. The molecular weight excluding hydrogens is 266 g/mol. The van der Waals surface area contributed by atoms with Gasteiger partial charge in [0.1, 0.15) is 0 Å². The van der Waals surface area contributed by atoms with E-state index in [4.69, 9.17) is 0 Å². The normalized spacial score (nSPS) is 16.2. The summed E-state index contributed by atoms with van der Waals surface area (Å²) in [6, 6.07) is 1.92. The molecule has 5 nitrogen and oxygen atoms in total. The van der Waals surface area contributed by atoms with Gasteiger partial charge in [0.2, 0.25) is 5.91 Å². The Morgan fingerprint density at radius 2 is 1.86 bits per heavy atom. The molecule has 0 spiro atoms. The van der Waals surface area contributed by atoms with Crippen LogP contribution in [0.25, 0.3) is 0 Å². The quantitative estimate of drug-likeness (QED) is 0.841. The summed E-state index contributed by atoms with van der Waals surface area (Å²) >= 11 is 0. The van der Waals surface area contributed by atoms with Crippen molar-refractivity contribution < 1.29 is 9.59 Å². The van der Waals surface area contributed by atoms with Crippen molar-refractivity contribution in [1.82, 2.24) is 14.8 Å². The Morgan fingerprint density at radius 1 is 1.19 bits per heavy atom. The lowest BCUT2D eigenvalue weighted by atomic mass is 10.1. The molecule has 116 valence electrons. The molecule has 0 aromatic carbocycles. The number of carbonyl (C=O) groups excluding carboxylic acids is 2. The average Bonchev–Trinajstić information content (AvgIpc) is 2.79. The minimum atomic E-state index is 0.158. The highest BCUT2D eigenvalue weighted by Crippen LogP contribution is 2.12. The molecule has 5 heteroatoms. The topological polar surface area (TPSA) is 56.4 Å². The molecule has 1 aliphatic rings. The molecular formula is C16H25N3O2. The van der Waals surface area contributed by atoms with Gasteiger partial charge in [0, 0.05) is 49.6 Å². The van der Waals surface area contributed by atoms with Crippen molar-refractivity contribution in [2.75, 3.05) is 32.7 Å². The number of ketones is 1. The zero-order chi connectivity index (χ0) is 15.4. The average molecular weight is 291 g/mol. The number of nitrogens with zero attached hydrogens (tertiary/aromatic N) is 2. The molecule has 0 saturated carbocycles. The highest BCUT2D eigenvalue weighted by molar-refractivity contribution is 5.98. The summed E-state index contributed by atoms with van der Waals surface area (Å²) in [6.45, 7) is 9.38. The predicted octanol–water partition coefficient (Wildman–Crippen LogP) is 1.76. The number of H-pyrrole nitrogens is 1. The van der Waals surface area contributed by atoms with Gasteiger partial charge in [-0.05, 0) is 26.3 Å². The van der Waals surface area contributed by atoms with Crippen molar-refractivity contribution in [3.8, 4) is 0 Å². The van der Waals surface area contributed by atoms with Crippen molar-refractivity contribution in [1.29, 1.82) is 0 Å². The molecule has 1 aromatic rings. The van der Waals surface area contributed by atoms with Gasteiger partial charge in [-0.2, -0.15) is 0 Å². The summed E-state index contributed by atoms with van der Waals surface area (Å²) in [5, 5.41) is 0. The summed E-state index contributed by atoms with van der Waals surface area (Å²) in [7, 11) is 0. The fourth-order valence-corrected chi connectivity index (χ4v) is 2.83. The smallest absolute Gasteiger partial charge is 0.222 e. The molecule has 1 aliphatic heterocycles. The highest BCUT2D eigenvalue weighted by Gasteiger charge is 2.23. The predicted molar refractivity (Wildman–Crippen MR) is 82.5 cm³/mol. The van der Waals surface area contributed by atoms with Crippen molar-refractivity contribution >= 4 is 11.7 Å². The van der Waals surface area contributed by atoms with E-state index in [-0.39, 0.29) is 11.7 Å². The number of hydrogen-bond acceptors (Lipinski definition) is 3. The van der Waals surface area contributed by atoms with Gasteiger partial charge in [-0.15, -0.1) is 0 Å². The van der Waals surface area contributed by atoms with E-state index < -0.39 is 0 Å². The Kier molecular flexibility index (Phi) is 5.17. The number of rotatable bonds is 5. The largest absolute Gasteiger partial charge is 0.362 e. The second kappa shape index (κ2) is 6.89. The first-order valence-corrected chi connectivity index (χ1v) is 7.70. The maximum atomic E-state index is 12.3. The highest BCUT2D eigenvalue weighted by atomic mass is 16.2. The van der Waals surface area contributed by atoms with E-state index in [0.29, 0.717) is 13.0 Å². The van der Waals surface area contributed by atoms with Crippen LogP contribution in [-0.4, -0.2) is 59.2 Å². The van der Waals surface area contributed by atoms with Crippen molar-refractivity contribution in [2.45, 2.75) is 33.6 Å². The van der Waals surface area contributed by atoms with E-state index in [1.54, 1.807) is 0 Å². The van der Waals surface area contributed by atoms with Gasteiger partial charge in [0.05, 0.1) is 6.54 Å². The van der Waals surface area contributed by atoms with Crippen LogP contribution in [0.1, 0.15) is 41.5 Å². The number of Topliss-reactive ketones (excluding diaryl/α,β-unsaturated/α-hetero) is 1. The number of hydrogen-bond donors (Lipinski definition) is 1. The minimum absolute atomic E-state index is 0.158. The van der Waals surface area contributed by atoms with E-state index in [0.717, 1.165) is 49.6 Å². The second-order valence-corrected chi connectivity index (χ2v) is 5.82. The monoisotopic (exact) mass is 291 g/mol. The third-order valence-corrected chi connectivity index (χ3v) is 4.01. The van der Waals surface area contributed by atoms with E-state index in [9.17, 15) is 9.59 Å². The van der Waals surface area contributed by atoms with Crippen LogP contribution in [0.3, 0.4) is 0 Å². The zero-order valence-corrected chi connectivity index (χ0v) is 13.2. The molecule has 2 heterocycles. The lowest BCUT2D eigenvalue weighted by molar-refractivity contribution is -0.132. The van der Waals surface area contributed by atoms with Gasteiger partial charge in [0.15, 0.2) is 5.78 Å². The third-order valence-electron chi connectivity index (χ3n) is 4.01. The molecule has 1 N–H and O–H groups in total. The molecule has 0 aliphatic carbocycles. The lowest BCUT2D eigenvalue weighted by Crippen LogP contribution is -2.49. The maximum Gasteiger partial charge on any atom is 0.222 e. The molecule has 1 fully saturated rings. The number of amides is 1. The number of aromatic nitrogens is 1. The zero-order valence-electron chi connectivity index (χ0n) is 13.2. The number of carbonyl (C=O) groups is 2. The van der Waals surface area contributed by atoms with Gasteiger partial charge in [-0.3, -0.25) is 14.5 Å². The van der Waals surface area contributed by atoms with E-state index >= 15 is 0 Å². The fourth-order valence-electron chi connectivity index (χ4n) is 2.83. The van der Waals surface area contributed by atoms with Gasteiger partial charge in [-0.25, -0.2) is 0 Å². The van der Waals surface area contributed by atoms with Gasteiger partial charge in [-0.1, -0.05) is 6.92 Å². The van der Waals surface area contributed by atoms with Gasteiger partial charge >= 0.3 is 0 Å². The number of piperazine rings is 1.